The van der Waals surface area contributed by atoms with E-state index in [2.05, 4.69) is 10.3 Å². The molecule has 3 rings (SSSR count). The van der Waals surface area contributed by atoms with Crippen molar-refractivity contribution < 1.29 is 9.72 Å². The molecule has 8 nitrogen and oxygen atoms in total. The first kappa shape index (κ1) is 16.2. The number of nitrogens with one attached hydrogen (secondary N) is 1. The quantitative estimate of drug-likeness (QED) is 0.498. The van der Waals surface area contributed by atoms with Crippen LogP contribution >= 0.6 is 11.3 Å². The lowest BCUT2D eigenvalue weighted by Gasteiger charge is -2.32. The van der Waals surface area contributed by atoms with E-state index in [9.17, 15) is 14.9 Å². The number of nitro groups is 1. The molecule has 1 amide bonds. The van der Waals surface area contributed by atoms with Crippen LogP contribution in [0.25, 0.3) is 0 Å². The van der Waals surface area contributed by atoms with Crippen molar-refractivity contribution in [3.8, 4) is 0 Å². The fourth-order valence-corrected chi connectivity index (χ4v) is 3.32. The summed E-state index contributed by atoms with van der Waals surface area (Å²) in [5.41, 5.74) is 6.14. The first-order valence-electron chi connectivity index (χ1n) is 7.54. The molecule has 0 unspecified atom stereocenters. The molecule has 1 fully saturated rings. The van der Waals surface area contributed by atoms with Gasteiger partial charge in [0.25, 0.3) is 11.6 Å². The molecule has 126 valence electrons. The van der Waals surface area contributed by atoms with Crippen molar-refractivity contribution in [2.75, 3.05) is 24.1 Å². The summed E-state index contributed by atoms with van der Waals surface area (Å²) in [5, 5.41) is 17.0. The molecule has 2 aromatic rings. The summed E-state index contributed by atoms with van der Waals surface area (Å²) >= 11 is 1.54. The summed E-state index contributed by atoms with van der Waals surface area (Å²) in [5.74, 6) is -0.260. The zero-order valence-corrected chi connectivity index (χ0v) is 13.7. The molecule has 1 aliphatic rings. The maximum atomic E-state index is 12.6. The number of carbonyl (C=O) groups excluding carboxylic acids is 1. The minimum Gasteiger partial charge on any atom is -0.398 e. The lowest BCUT2D eigenvalue weighted by molar-refractivity contribution is -0.384. The number of carbonyl (C=O) groups is 1. The Morgan fingerprint density at radius 1 is 1.42 bits per heavy atom. The number of anilines is 2. The van der Waals surface area contributed by atoms with Gasteiger partial charge in [-0.15, -0.1) is 11.3 Å². The molecule has 0 saturated carbocycles. The van der Waals surface area contributed by atoms with Gasteiger partial charge in [-0.25, -0.2) is 4.98 Å². The van der Waals surface area contributed by atoms with Crippen LogP contribution in [0.3, 0.4) is 0 Å². The van der Waals surface area contributed by atoms with Crippen LogP contribution in [0.4, 0.5) is 16.5 Å². The van der Waals surface area contributed by atoms with Crippen molar-refractivity contribution in [2.24, 2.45) is 0 Å². The number of non-ortho nitro benzene ring substituents is 1. The van der Waals surface area contributed by atoms with E-state index in [0.717, 1.165) is 18.0 Å². The second-order valence-electron chi connectivity index (χ2n) is 5.58. The highest BCUT2D eigenvalue weighted by Gasteiger charge is 2.26. The number of nitrogens with zero attached hydrogens (tertiary/aromatic N) is 3. The number of likely N-dealkylation sites (tertiary alicyclic amines) is 1. The normalized spacial score (nSPS) is 15.2. The Morgan fingerprint density at radius 3 is 2.79 bits per heavy atom. The summed E-state index contributed by atoms with van der Waals surface area (Å²) < 4.78 is 0. The van der Waals surface area contributed by atoms with Crippen molar-refractivity contribution in [1.82, 2.24) is 9.88 Å². The highest BCUT2D eigenvalue weighted by Crippen LogP contribution is 2.24. The zero-order chi connectivity index (χ0) is 17.1. The van der Waals surface area contributed by atoms with Gasteiger partial charge in [0.2, 0.25) is 0 Å². The van der Waals surface area contributed by atoms with E-state index in [1.807, 2.05) is 5.38 Å². The molecule has 1 aromatic carbocycles. The number of amides is 1. The van der Waals surface area contributed by atoms with Gasteiger partial charge >= 0.3 is 0 Å². The monoisotopic (exact) mass is 347 g/mol. The number of rotatable bonds is 4. The lowest BCUT2D eigenvalue weighted by Crippen LogP contribution is -2.42. The number of nitrogen functional groups attached to an aromatic ring is 1. The Labute approximate surface area is 142 Å². The Hall–Kier alpha value is -2.68. The molecule has 0 spiro atoms. The molecular formula is C15H17N5O3S. The molecule has 0 bridgehead atoms. The fourth-order valence-electron chi connectivity index (χ4n) is 2.71. The third-order valence-corrected chi connectivity index (χ3v) is 4.72. The third-order valence-electron chi connectivity index (χ3n) is 4.02. The average molecular weight is 347 g/mol. The number of nitro benzene ring substituents is 1. The number of piperidine rings is 1. The van der Waals surface area contributed by atoms with Crippen LogP contribution in [0.5, 0.6) is 0 Å². The first-order chi connectivity index (χ1) is 11.5. The highest BCUT2D eigenvalue weighted by molar-refractivity contribution is 7.13. The number of aromatic nitrogens is 1. The minimum atomic E-state index is -0.527. The van der Waals surface area contributed by atoms with E-state index in [-0.39, 0.29) is 28.9 Å². The number of benzene rings is 1. The summed E-state index contributed by atoms with van der Waals surface area (Å²) in [6, 6.07) is 4.22. The number of hydrogen-bond acceptors (Lipinski definition) is 7. The van der Waals surface area contributed by atoms with Crippen molar-refractivity contribution in [3.63, 3.8) is 0 Å². The molecule has 1 aliphatic heterocycles. The topological polar surface area (TPSA) is 114 Å². The van der Waals surface area contributed by atoms with E-state index in [1.165, 1.54) is 18.2 Å². The van der Waals surface area contributed by atoms with Gasteiger partial charge in [-0.05, 0) is 18.9 Å². The van der Waals surface area contributed by atoms with Crippen LogP contribution in [0.1, 0.15) is 23.2 Å². The summed E-state index contributed by atoms with van der Waals surface area (Å²) in [6.45, 7) is 1.15. The van der Waals surface area contributed by atoms with Crippen LogP contribution < -0.4 is 11.1 Å². The molecule has 0 aliphatic carbocycles. The maximum Gasteiger partial charge on any atom is 0.270 e. The van der Waals surface area contributed by atoms with Gasteiger partial charge in [0.05, 0.1) is 10.5 Å². The summed E-state index contributed by atoms with van der Waals surface area (Å²) in [4.78, 5) is 28.9. The second-order valence-corrected chi connectivity index (χ2v) is 6.47. The Balaban J connectivity index is 1.65. The van der Waals surface area contributed by atoms with Crippen LogP contribution in [0, 0.1) is 10.1 Å². The summed E-state index contributed by atoms with van der Waals surface area (Å²) in [7, 11) is 0. The highest BCUT2D eigenvalue weighted by atomic mass is 32.1. The first-order valence-corrected chi connectivity index (χ1v) is 8.42. The van der Waals surface area contributed by atoms with Gasteiger partial charge in [0.1, 0.15) is 0 Å². The maximum absolute atomic E-state index is 12.6. The molecule has 9 heteroatoms. The van der Waals surface area contributed by atoms with Gasteiger partial charge in [0.15, 0.2) is 5.13 Å². The average Bonchev–Trinajstić information content (AvgIpc) is 3.08. The third kappa shape index (κ3) is 3.46. The molecule has 0 atom stereocenters. The molecule has 0 radical (unpaired) electrons. The summed E-state index contributed by atoms with van der Waals surface area (Å²) in [6.07, 6.45) is 3.33. The Bertz CT molecular complexity index is 742. The minimum absolute atomic E-state index is 0.132. The van der Waals surface area contributed by atoms with Gasteiger partial charge in [-0.3, -0.25) is 14.9 Å². The predicted octanol–water partition coefficient (Wildman–Crippen LogP) is 2.35. The van der Waals surface area contributed by atoms with Crippen molar-refractivity contribution >= 4 is 33.8 Å². The zero-order valence-electron chi connectivity index (χ0n) is 12.8. The van der Waals surface area contributed by atoms with E-state index < -0.39 is 4.92 Å². The standard InChI is InChI=1S/C15H17N5O3S/c16-13-2-1-11(20(22)23)9-12(13)14(21)19-6-3-10(4-7-19)18-15-17-5-8-24-15/h1-2,5,8-10H,3-4,6-7,16H2,(H,17,18). The van der Waals surface area contributed by atoms with Gasteiger partial charge in [-0.2, -0.15) is 0 Å². The molecule has 1 aromatic heterocycles. The van der Waals surface area contributed by atoms with Gasteiger partial charge in [-0.1, -0.05) is 0 Å². The van der Waals surface area contributed by atoms with Gasteiger partial charge < -0.3 is 16.0 Å². The molecule has 24 heavy (non-hydrogen) atoms. The largest absolute Gasteiger partial charge is 0.398 e. The molecule has 1 saturated heterocycles. The SMILES string of the molecule is Nc1ccc([N+](=O)[O-])cc1C(=O)N1CCC(Nc2nccs2)CC1. The van der Waals surface area contributed by atoms with E-state index in [0.29, 0.717) is 13.1 Å². The fraction of sp³-hybridized carbons (Fsp3) is 0.333. The van der Waals surface area contributed by atoms with E-state index >= 15 is 0 Å². The van der Waals surface area contributed by atoms with E-state index in [1.54, 1.807) is 22.4 Å². The number of thiazole rings is 1. The Morgan fingerprint density at radius 2 is 2.17 bits per heavy atom. The van der Waals surface area contributed by atoms with E-state index in [4.69, 9.17) is 5.73 Å². The van der Waals surface area contributed by atoms with Crippen molar-refractivity contribution in [1.29, 1.82) is 0 Å². The number of nitrogens with two attached hydrogens (primary N) is 1. The lowest BCUT2D eigenvalue weighted by atomic mass is 10.0. The second kappa shape index (κ2) is 6.83. The predicted molar refractivity (Wildman–Crippen MR) is 92.2 cm³/mol. The Kier molecular flexibility index (Phi) is 4.61. The number of hydrogen-bond donors (Lipinski definition) is 2. The molecule has 2 heterocycles. The van der Waals surface area contributed by atoms with Crippen LogP contribution in [0.2, 0.25) is 0 Å². The van der Waals surface area contributed by atoms with Crippen LogP contribution in [-0.4, -0.2) is 39.8 Å². The smallest absolute Gasteiger partial charge is 0.270 e. The van der Waals surface area contributed by atoms with Gasteiger partial charge in [0, 0.05) is 48.5 Å². The molecular weight excluding hydrogens is 330 g/mol. The van der Waals surface area contributed by atoms with Crippen LogP contribution in [-0.2, 0) is 0 Å². The van der Waals surface area contributed by atoms with Crippen LogP contribution in [0.15, 0.2) is 29.8 Å². The van der Waals surface area contributed by atoms with Crippen molar-refractivity contribution in [2.45, 2.75) is 18.9 Å². The van der Waals surface area contributed by atoms with Crippen molar-refractivity contribution in [3.05, 3.63) is 45.5 Å². The molecule has 3 N–H and O–H groups in total.